The Kier molecular flexibility index (Phi) is 4.35. The predicted molar refractivity (Wildman–Crippen MR) is 79.2 cm³/mol. The highest BCUT2D eigenvalue weighted by Crippen LogP contribution is 2.29. The van der Waals surface area contributed by atoms with Gasteiger partial charge in [0.25, 0.3) is 0 Å². The van der Waals surface area contributed by atoms with Gasteiger partial charge >= 0.3 is 0 Å². The molecule has 0 unspecified atom stereocenters. The summed E-state index contributed by atoms with van der Waals surface area (Å²) >= 11 is 1.53. The molecule has 0 spiro atoms. The second-order valence-corrected chi connectivity index (χ2v) is 8.86. The van der Waals surface area contributed by atoms with Crippen LogP contribution in [0.2, 0.25) is 0 Å². The van der Waals surface area contributed by atoms with Gasteiger partial charge in [-0.3, -0.25) is 0 Å². The number of rotatable bonds is 4. The van der Waals surface area contributed by atoms with E-state index in [2.05, 4.69) is 17.0 Å². The summed E-state index contributed by atoms with van der Waals surface area (Å²) in [6.45, 7) is 8.40. The van der Waals surface area contributed by atoms with Gasteiger partial charge in [0.1, 0.15) is 0 Å². The smallest absolute Gasteiger partial charge is 0.241 e. The molecule has 1 saturated heterocycles. The molecule has 0 atom stereocenters. The van der Waals surface area contributed by atoms with Gasteiger partial charge in [-0.15, -0.1) is 11.3 Å². The summed E-state index contributed by atoms with van der Waals surface area (Å²) in [4.78, 5) is 2.33. The first-order chi connectivity index (χ1) is 8.82. The topological polar surface area (TPSA) is 58.2 Å². The maximum atomic E-state index is 12.3. The van der Waals surface area contributed by atoms with E-state index in [0.717, 1.165) is 35.7 Å². The lowest BCUT2D eigenvalue weighted by atomic mass is 9.81. The maximum absolute atomic E-state index is 12.3. The third kappa shape index (κ3) is 3.56. The van der Waals surface area contributed by atoms with Crippen LogP contribution in [0.1, 0.15) is 29.5 Å². The monoisotopic (exact) mass is 302 g/mol. The van der Waals surface area contributed by atoms with Crippen molar-refractivity contribution < 1.29 is 8.42 Å². The zero-order valence-electron chi connectivity index (χ0n) is 11.7. The number of thiophene rings is 1. The number of hydrogen-bond acceptors (Lipinski definition) is 4. The lowest BCUT2D eigenvalue weighted by molar-refractivity contribution is 0.232. The van der Waals surface area contributed by atoms with Crippen LogP contribution in [0.25, 0.3) is 0 Å². The zero-order valence-corrected chi connectivity index (χ0v) is 13.4. The van der Waals surface area contributed by atoms with Gasteiger partial charge in [-0.2, -0.15) is 0 Å². The number of sulfonamides is 1. The van der Waals surface area contributed by atoms with Crippen molar-refractivity contribution in [2.45, 2.75) is 38.5 Å². The van der Waals surface area contributed by atoms with E-state index in [-0.39, 0.29) is 5.41 Å². The molecule has 19 heavy (non-hydrogen) atoms. The molecular weight excluding hydrogens is 280 g/mol. The van der Waals surface area contributed by atoms with E-state index in [4.69, 9.17) is 0 Å². The minimum Gasteiger partial charge on any atom is -0.317 e. The Balaban J connectivity index is 2.07. The van der Waals surface area contributed by atoms with Crippen molar-refractivity contribution in [3.63, 3.8) is 0 Å². The Bertz CT molecular complexity index is 543. The Morgan fingerprint density at radius 3 is 2.53 bits per heavy atom. The van der Waals surface area contributed by atoms with Gasteiger partial charge in [0.05, 0.1) is 4.90 Å². The van der Waals surface area contributed by atoms with Crippen molar-refractivity contribution in [3.05, 3.63) is 15.8 Å². The van der Waals surface area contributed by atoms with E-state index in [0.29, 0.717) is 11.4 Å². The summed E-state index contributed by atoms with van der Waals surface area (Å²) in [6, 6.07) is 1.76. The molecule has 0 amide bonds. The number of piperidine rings is 1. The van der Waals surface area contributed by atoms with Gasteiger partial charge in [0.15, 0.2) is 0 Å². The third-order valence-corrected chi connectivity index (χ3v) is 6.41. The summed E-state index contributed by atoms with van der Waals surface area (Å²) < 4.78 is 27.5. The molecule has 6 heteroatoms. The summed E-state index contributed by atoms with van der Waals surface area (Å²) in [5.74, 6) is 0. The van der Waals surface area contributed by atoms with Crippen LogP contribution in [0.4, 0.5) is 0 Å². The molecule has 1 fully saturated rings. The van der Waals surface area contributed by atoms with Crippen LogP contribution in [0.5, 0.6) is 0 Å². The van der Waals surface area contributed by atoms with Crippen LogP contribution in [-0.2, 0) is 10.0 Å². The van der Waals surface area contributed by atoms with Crippen LogP contribution < -0.4 is 10.0 Å². The first-order valence-corrected chi connectivity index (χ1v) is 8.90. The van der Waals surface area contributed by atoms with E-state index in [1.54, 1.807) is 6.07 Å². The lowest BCUT2D eigenvalue weighted by Crippen LogP contribution is -2.42. The molecule has 108 valence electrons. The van der Waals surface area contributed by atoms with Crippen molar-refractivity contribution in [1.29, 1.82) is 0 Å². The minimum atomic E-state index is -3.37. The molecule has 0 aromatic carbocycles. The predicted octanol–water partition coefficient (Wildman–Crippen LogP) is 2.03. The molecular formula is C13H22N2O2S2. The largest absolute Gasteiger partial charge is 0.317 e. The molecule has 1 aliphatic rings. The third-order valence-electron chi connectivity index (χ3n) is 3.78. The lowest BCUT2D eigenvalue weighted by Gasteiger charge is -2.34. The first-order valence-electron chi connectivity index (χ1n) is 6.60. The maximum Gasteiger partial charge on any atom is 0.241 e. The Labute approximate surface area is 119 Å². The highest BCUT2D eigenvalue weighted by atomic mass is 32.2. The zero-order chi connectivity index (χ0) is 14.1. The fourth-order valence-corrected chi connectivity index (χ4v) is 5.18. The number of hydrogen-bond donors (Lipinski definition) is 2. The van der Waals surface area contributed by atoms with Gasteiger partial charge < -0.3 is 5.32 Å². The van der Waals surface area contributed by atoms with E-state index < -0.39 is 10.0 Å². The van der Waals surface area contributed by atoms with Gasteiger partial charge in [0.2, 0.25) is 10.0 Å². The number of aryl methyl sites for hydroxylation is 2. The fraction of sp³-hybridized carbons (Fsp3) is 0.692. The van der Waals surface area contributed by atoms with E-state index in [1.165, 1.54) is 11.3 Å². The van der Waals surface area contributed by atoms with Crippen molar-refractivity contribution >= 4 is 21.4 Å². The highest BCUT2D eigenvalue weighted by Gasteiger charge is 2.29. The summed E-state index contributed by atoms with van der Waals surface area (Å²) in [5, 5.41) is 3.31. The normalized spacial score (nSPS) is 19.5. The quantitative estimate of drug-likeness (QED) is 0.895. The second-order valence-electron chi connectivity index (χ2n) is 5.66. The molecule has 2 N–H and O–H groups in total. The molecule has 0 saturated carbocycles. The second kappa shape index (κ2) is 5.52. The van der Waals surface area contributed by atoms with Crippen LogP contribution in [-0.4, -0.2) is 28.1 Å². The fourth-order valence-electron chi connectivity index (χ4n) is 2.43. The van der Waals surface area contributed by atoms with Gasteiger partial charge in [-0.05, 0) is 51.3 Å². The minimum absolute atomic E-state index is 0.0668. The summed E-state index contributed by atoms with van der Waals surface area (Å²) in [6.07, 6.45) is 2.02. The Morgan fingerprint density at radius 1 is 1.37 bits per heavy atom. The first kappa shape index (κ1) is 15.0. The summed E-state index contributed by atoms with van der Waals surface area (Å²) in [5.41, 5.74) is 0.0668. The van der Waals surface area contributed by atoms with Gasteiger partial charge in [-0.25, -0.2) is 13.1 Å². The average molecular weight is 302 g/mol. The van der Waals surface area contributed by atoms with Gasteiger partial charge in [0, 0.05) is 16.3 Å². The van der Waals surface area contributed by atoms with E-state index in [1.807, 2.05) is 13.8 Å². The molecule has 0 radical (unpaired) electrons. The SMILES string of the molecule is Cc1cc(S(=O)(=O)NCC2(C)CCNCC2)c(C)s1. The average Bonchev–Trinajstić information content (AvgIpc) is 2.68. The van der Waals surface area contributed by atoms with Crippen LogP contribution in [0.15, 0.2) is 11.0 Å². The summed E-state index contributed by atoms with van der Waals surface area (Å²) in [7, 11) is -3.37. The van der Waals surface area contributed by atoms with Crippen molar-refractivity contribution in [2.75, 3.05) is 19.6 Å². The molecule has 1 aromatic heterocycles. The van der Waals surface area contributed by atoms with Gasteiger partial charge in [-0.1, -0.05) is 6.92 Å². The molecule has 1 aliphatic heterocycles. The van der Waals surface area contributed by atoms with Crippen molar-refractivity contribution in [3.8, 4) is 0 Å². The van der Waals surface area contributed by atoms with E-state index in [9.17, 15) is 8.42 Å². The molecule has 4 nitrogen and oxygen atoms in total. The highest BCUT2D eigenvalue weighted by molar-refractivity contribution is 7.89. The Morgan fingerprint density at radius 2 is 2.00 bits per heavy atom. The van der Waals surface area contributed by atoms with Crippen molar-refractivity contribution in [1.82, 2.24) is 10.0 Å². The number of nitrogens with one attached hydrogen (secondary N) is 2. The molecule has 2 rings (SSSR count). The van der Waals surface area contributed by atoms with Crippen molar-refractivity contribution in [2.24, 2.45) is 5.41 Å². The molecule has 0 aliphatic carbocycles. The molecule has 1 aromatic rings. The van der Waals surface area contributed by atoms with Crippen LogP contribution >= 0.6 is 11.3 Å². The van der Waals surface area contributed by atoms with E-state index >= 15 is 0 Å². The standard InChI is InChI=1S/C13H22N2O2S2/c1-10-8-12(11(2)18-10)19(16,17)15-9-13(3)4-6-14-7-5-13/h8,14-15H,4-7,9H2,1-3H3. The van der Waals surface area contributed by atoms with Crippen LogP contribution in [0.3, 0.4) is 0 Å². The molecule has 2 heterocycles. The Hall–Kier alpha value is -0.430. The van der Waals surface area contributed by atoms with Crippen LogP contribution in [0, 0.1) is 19.3 Å². The molecule has 0 bridgehead atoms.